The number of halogens is 1. The molecule has 23 heavy (non-hydrogen) atoms. The van der Waals surface area contributed by atoms with E-state index in [0.717, 1.165) is 5.69 Å². The number of fused-ring (bicyclic) bond motifs is 1. The highest BCUT2D eigenvalue weighted by Gasteiger charge is 2.21. The summed E-state index contributed by atoms with van der Waals surface area (Å²) in [6.07, 6.45) is 0. The van der Waals surface area contributed by atoms with Gasteiger partial charge in [0, 0.05) is 30.6 Å². The lowest BCUT2D eigenvalue weighted by molar-refractivity contribution is -0.129. The molecule has 0 heterocycles. The van der Waals surface area contributed by atoms with E-state index < -0.39 is 28.4 Å². The highest BCUT2D eigenvalue weighted by molar-refractivity contribution is 7.90. The summed E-state index contributed by atoms with van der Waals surface area (Å²) in [6, 6.07) is 9.72. The number of carbonyl (C=O) groups is 1. The fourth-order valence-electron chi connectivity index (χ4n) is 2.19. The van der Waals surface area contributed by atoms with Crippen molar-refractivity contribution in [2.75, 3.05) is 25.7 Å². The SMILES string of the molecule is CN(C)c1cccc2c(S(=O)(=O)N=C(CF)C(=O)O)cccc12. The van der Waals surface area contributed by atoms with Crippen LogP contribution in [0.2, 0.25) is 0 Å². The maximum absolute atomic E-state index is 12.7. The normalized spacial score (nSPS) is 12.4. The van der Waals surface area contributed by atoms with E-state index in [0.29, 0.717) is 10.8 Å². The molecule has 0 aliphatic carbocycles. The standard InChI is InChI=1S/C15H15FN2O4S/c1-18(2)13-7-3-6-11-10(13)5-4-8-14(11)23(21,22)17-12(9-16)15(19)20/h3-8H,9H2,1-2H3,(H,19,20). The van der Waals surface area contributed by atoms with E-state index in [-0.39, 0.29) is 4.90 Å². The van der Waals surface area contributed by atoms with Crippen molar-refractivity contribution in [1.29, 1.82) is 0 Å². The topological polar surface area (TPSA) is 87.0 Å². The van der Waals surface area contributed by atoms with Gasteiger partial charge >= 0.3 is 5.97 Å². The van der Waals surface area contributed by atoms with Crippen LogP contribution in [0.3, 0.4) is 0 Å². The third kappa shape index (κ3) is 3.31. The highest BCUT2D eigenvalue weighted by atomic mass is 32.2. The Labute approximate surface area is 132 Å². The molecule has 2 aromatic rings. The summed E-state index contributed by atoms with van der Waals surface area (Å²) in [5.41, 5.74) is -0.252. The number of hydrogen-bond donors (Lipinski definition) is 1. The molecule has 122 valence electrons. The van der Waals surface area contributed by atoms with Crippen LogP contribution in [0.5, 0.6) is 0 Å². The third-order valence-electron chi connectivity index (χ3n) is 3.22. The van der Waals surface area contributed by atoms with Gasteiger partial charge in [0.1, 0.15) is 6.67 Å². The van der Waals surface area contributed by atoms with E-state index in [1.54, 1.807) is 18.2 Å². The molecule has 8 heteroatoms. The lowest BCUT2D eigenvalue weighted by atomic mass is 10.1. The van der Waals surface area contributed by atoms with E-state index in [1.165, 1.54) is 12.1 Å². The Balaban J connectivity index is 2.74. The van der Waals surface area contributed by atoms with E-state index in [9.17, 15) is 17.6 Å². The molecule has 0 fully saturated rings. The maximum Gasteiger partial charge on any atom is 0.353 e. The van der Waals surface area contributed by atoms with Crippen LogP contribution in [0.4, 0.5) is 10.1 Å². The molecule has 0 radical (unpaired) electrons. The van der Waals surface area contributed by atoms with Gasteiger partial charge in [-0.1, -0.05) is 24.3 Å². The number of sulfonamides is 1. The number of anilines is 1. The summed E-state index contributed by atoms with van der Waals surface area (Å²) in [4.78, 5) is 12.5. The lowest BCUT2D eigenvalue weighted by Crippen LogP contribution is -2.17. The van der Waals surface area contributed by atoms with Crippen LogP contribution in [-0.2, 0) is 14.8 Å². The fraction of sp³-hybridized carbons (Fsp3) is 0.200. The molecule has 0 bridgehead atoms. The Morgan fingerprint density at radius 1 is 1.17 bits per heavy atom. The van der Waals surface area contributed by atoms with Crippen molar-refractivity contribution >= 4 is 38.2 Å². The van der Waals surface area contributed by atoms with Crippen molar-refractivity contribution in [3.8, 4) is 0 Å². The molecule has 0 saturated heterocycles. The van der Waals surface area contributed by atoms with E-state index in [2.05, 4.69) is 4.40 Å². The van der Waals surface area contributed by atoms with Gasteiger partial charge in [0.2, 0.25) is 0 Å². The summed E-state index contributed by atoms with van der Waals surface area (Å²) in [7, 11) is -0.699. The Kier molecular flexibility index (Phi) is 4.65. The van der Waals surface area contributed by atoms with Crippen LogP contribution < -0.4 is 4.90 Å². The number of nitrogens with zero attached hydrogens (tertiary/aromatic N) is 2. The van der Waals surface area contributed by atoms with Gasteiger partial charge in [0.05, 0.1) is 4.90 Å². The van der Waals surface area contributed by atoms with Crippen LogP contribution in [0.1, 0.15) is 0 Å². The number of carboxylic acids is 1. The molecule has 2 rings (SSSR count). The summed E-state index contributed by atoms with van der Waals surface area (Å²) in [5.74, 6) is -1.70. The second kappa shape index (κ2) is 6.33. The molecular formula is C15H15FN2O4S. The largest absolute Gasteiger partial charge is 0.477 e. The number of carboxylic acid groups (broad SMARTS) is 1. The number of aliphatic carboxylic acids is 1. The lowest BCUT2D eigenvalue weighted by Gasteiger charge is -2.16. The molecule has 0 amide bonds. The zero-order valence-corrected chi connectivity index (χ0v) is 13.3. The first-order valence-electron chi connectivity index (χ1n) is 6.60. The molecule has 0 atom stereocenters. The highest BCUT2D eigenvalue weighted by Crippen LogP contribution is 2.30. The first-order valence-corrected chi connectivity index (χ1v) is 8.04. The maximum atomic E-state index is 12.7. The van der Waals surface area contributed by atoms with E-state index >= 15 is 0 Å². The minimum Gasteiger partial charge on any atom is -0.477 e. The summed E-state index contributed by atoms with van der Waals surface area (Å²) in [5, 5.41) is 9.84. The first-order chi connectivity index (χ1) is 10.8. The van der Waals surface area contributed by atoms with Crippen molar-refractivity contribution in [3.05, 3.63) is 36.4 Å². The molecule has 0 aromatic heterocycles. The van der Waals surface area contributed by atoms with Crippen LogP contribution in [0, 0.1) is 0 Å². The summed E-state index contributed by atoms with van der Waals surface area (Å²) < 4.78 is 40.5. The Bertz CT molecular complexity index is 891. The number of rotatable bonds is 5. The Hall–Kier alpha value is -2.48. The second-order valence-electron chi connectivity index (χ2n) is 4.97. The van der Waals surface area contributed by atoms with E-state index in [1.807, 2.05) is 25.1 Å². The van der Waals surface area contributed by atoms with Gasteiger partial charge in [-0.05, 0) is 12.1 Å². The zero-order chi connectivity index (χ0) is 17.2. The van der Waals surface area contributed by atoms with Crippen molar-refractivity contribution in [2.24, 2.45) is 4.40 Å². The van der Waals surface area contributed by atoms with Crippen LogP contribution in [0.25, 0.3) is 10.8 Å². The average Bonchev–Trinajstić information content (AvgIpc) is 2.50. The molecule has 0 unspecified atom stereocenters. The molecule has 0 saturated carbocycles. The second-order valence-corrected chi connectivity index (χ2v) is 6.55. The van der Waals surface area contributed by atoms with Gasteiger partial charge < -0.3 is 10.0 Å². The monoisotopic (exact) mass is 338 g/mol. The first kappa shape index (κ1) is 16.9. The van der Waals surface area contributed by atoms with Crippen molar-refractivity contribution < 1.29 is 22.7 Å². The van der Waals surface area contributed by atoms with Gasteiger partial charge in [-0.2, -0.15) is 12.8 Å². The number of hydrogen-bond acceptors (Lipinski definition) is 4. The summed E-state index contributed by atoms with van der Waals surface area (Å²) in [6.45, 7) is -1.47. The number of alkyl halides is 1. The average molecular weight is 338 g/mol. The van der Waals surface area contributed by atoms with Crippen molar-refractivity contribution in [2.45, 2.75) is 4.90 Å². The van der Waals surface area contributed by atoms with Gasteiger partial charge in [-0.15, -0.1) is 0 Å². The van der Waals surface area contributed by atoms with Crippen LogP contribution in [0.15, 0.2) is 45.7 Å². The fourth-order valence-corrected chi connectivity index (χ4v) is 3.42. The van der Waals surface area contributed by atoms with Crippen molar-refractivity contribution in [3.63, 3.8) is 0 Å². The molecule has 0 aliphatic rings. The van der Waals surface area contributed by atoms with Gasteiger partial charge in [-0.25, -0.2) is 9.18 Å². The van der Waals surface area contributed by atoms with Crippen molar-refractivity contribution in [1.82, 2.24) is 0 Å². The Morgan fingerprint density at radius 2 is 1.78 bits per heavy atom. The summed E-state index contributed by atoms with van der Waals surface area (Å²) >= 11 is 0. The van der Waals surface area contributed by atoms with E-state index in [4.69, 9.17) is 5.11 Å². The van der Waals surface area contributed by atoms with Crippen LogP contribution in [-0.4, -0.2) is 46.0 Å². The molecular weight excluding hydrogens is 323 g/mol. The molecule has 1 N–H and O–H groups in total. The Morgan fingerprint density at radius 3 is 2.35 bits per heavy atom. The molecule has 2 aromatic carbocycles. The smallest absolute Gasteiger partial charge is 0.353 e. The quantitative estimate of drug-likeness (QED) is 0.844. The molecule has 0 spiro atoms. The van der Waals surface area contributed by atoms with Gasteiger partial charge in [0.25, 0.3) is 10.0 Å². The minimum absolute atomic E-state index is 0.161. The molecule has 6 nitrogen and oxygen atoms in total. The number of benzene rings is 2. The predicted octanol–water partition coefficient (Wildman–Crippen LogP) is 2.09. The van der Waals surface area contributed by atoms with Gasteiger partial charge in [0.15, 0.2) is 5.71 Å². The van der Waals surface area contributed by atoms with Gasteiger partial charge in [-0.3, -0.25) is 0 Å². The molecule has 0 aliphatic heterocycles. The van der Waals surface area contributed by atoms with Crippen LogP contribution >= 0.6 is 0 Å². The third-order valence-corrected chi connectivity index (χ3v) is 4.60. The predicted molar refractivity (Wildman–Crippen MR) is 86.5 cm³/mol. The minimum atomic E-state index is -4.34. The zero-order valence-electron chi connectivity index (χ0n) is 12.5.